The Labute approximate surface area is 231 Å². The first kappa shape index (κ1) is 27.8. The summed E-state index contributed by atoms with van der Waals surface area (Å²) in [5.74, 6) is 0.694. The minimum Gasteiger partial charge on any atom is -0.490 e. The number of carbonyl (C=O) groups is 1. The van der Waals surface area contributed by atoms with Crippen molar-refractivity contribution in [3.05, 3.63) is 52.4 Å². The van der Waals surface area contributed by atoms with E-state index in [4.69, 9.17) is 14.6 Å². The molecule has 3 heterocycles. The van der Waals surface area contributed by atoms with Crippen molar-refractivity contribution < 1.29 is 18.7 Å². The number of alkyl halides is 1. The third kappa shape index (κ3) is 6.72. The number of aromatic nitrogens is 2. The minimum absolute atomic E-state index is 0.213. The van der Waals surface area contributed by atoms with Crippen LogP contribution in [0.4, 0.5) is 4.39 Å². The lowest BCUT2D eigenvalue weighted by Gasteiger charge is -2.30. The second-order valence-corrected chi connectivity index (χ2v) is 11.6. The van der Waals surface area contributed by atoms with Gasteiger partial charge < -0.3 is 24.1 Å². The first-order chi connectivity index (χ1) is 18.8. The molecule has 7 nitrogen and oxygen atoms in total. The van der Waals surface area contributed by atoms with Gasteiger partial charge in [-0.05, 0) is 77.5 Å². The van der Waals surface area contributed by atoms with Crippen LogP contribution in [0.25, 0.3) is 5.70 Å². The maximum atomic E-state index is 14.1. The summed E-state index contributed by atoms with van der Waals surface area (Å²) in [6, 6.07) is 7.44. The average Bonchev–Trinajstić information content (AvgIpc) is 3.54. The number of hydrogen-bond acceptors (Lipinski definition) is 6. The van der Waals surface area contributed by atoms with Crippen molar-refractivity contribution >= 4 is 12.0 Å². The van der Waals surface area contributed by atoms with E-state index < -0.39 is 5.67 Å². The predicted octanol–water partition coefficient (Wildman–Crippen LogP) is 4.77. The van der Waals surface area contributed by atoms with Gasteiger partial charge in [0.05, 0.1) is 25.5 Å². The molecule has 0 amide bonds. The highest BCUT2D eigenvalue weighted by Crippen LogP contribution is 2.41. The van der Waals surface area contributed by atoms with Crippen LogP contribution in [0.2, 0.25) is 0 Å². The highest BCUT2D eigenvalue weighted by Gasteiger charge is 2.32. The van der Waals surface area contributed by atoms with Crippen LogP contribution >= 0.6 is 0 Å². The van der Waals surface area contributed by atoms with Gasteiger partial charge in [0.15, 0.2) is 0 Å². The van der Waals surface area contributed by atoms with Gasteiger partial charge in [0.1, 0.15) is 29.5 Å². The largest absolute Gasteiger partial charge is 0.490 e. The molecule has 0 radical (unpaired) electrons. The molecular formula is C31H43FN4O3. The van der Waals surface area contributed by atoms with Crippen LogP contribution in [-0.4, -0.2) is 78.4 Å². The van der Waals surface area contributed by atoms with Crippen molar-refractivity contribution in [2.75, 3.05) is 46.4 Å². The number of nitrogens with zero attached hydrogens (tertiary/aromatic N) is 4. The number of morpholine rings is 1. The van der Waals surface area contributed by atoms with Gasteiger partial charge >= 0.3 is 0 Å². The zero-order valence-corrected chi connectivity index (χ0v) is 23.8. The zero-order valence-electron chi connectivity index (χ0n) is 23.8. The first-order valence-electron chi connectivity index (χ1n) is 14.6. The van der Waals surface area contributed by atoms with E-state index in [9.17, 15) is 9.18 Å². The minimum atomic E-state index is -1.36. The van der Waals surface area contributed by atoms with Gasteiger partial charge in [-0.15, -0.1) is 0 Å². The number of halogens is 1. The molecule has 1 aromatic carbocycles. The molecule has 2 aliphatic heterocycles. The molecule has 0 N–H and O–H groups in total. The topological polar surface area (TPSA) is 59.8 Å². The molecule has 3 fully saturated rings. The lowest BCUT2D eigenvalue weighted by atomic mass is 9.99. The van der Waals surface area contributed by atoms with Gasteiger partial charge in [-0.25, -0.2) is 4.39 Å². The van der Waals surface area contributed by atoms with Crippen LogP contribution in [0.5, 0.6) is 5.75 Å². The third-order valence-corrected chi connectivity index (χ3v) is 8.13. The Morgan fingerprint density at radius 3 is 2.49 bits per heavy atom. The Morgan fingerprint density at radius 2 is 1.82 bits per heavy atom. The SMILES string of the molecule is CN1CCC(Oc2ccccc2C(C)(C)F)CC1.O=CCn1nc(C(=C2CC2)N2CCOCC2)c2c1CCC2. The zero-order chi connectivity index (χ0) is 27.4. The number of benzene rings is 1. The van der Waals surface area contributed by atoms with Gasteiger partial charge in [-0.3, -0.25) is 4.68 Å². The Kier molecular flexibility index (Phi) is 8.72. The van der Waals surface area contributed by atoms with E-state index in [0.29, 0.717) is 17.9 Å². The van der Waals surface area contributed by atoms with Crippen molar-refractivity contribution in [2.24, 2.45) is 0 Å². The summed E-state index contributed by atoms with van der Waals surface area (Å²) in [5.41, 5.74) is 5.98. The van der Waals surface area contributed by atoms with Crippen molar-refractivity contribution in [3.8, 4) is 5.75 Å². The molecule has 0 bridgehead atoms. The van der Waals surface area contributed by atoms with Crippen molar-refractivity contribution in [3.63, 3.8) is 0 Å². The lowest BCUT2D eigenvalue weighted by molar-refractivity contribution is -0.108. The summed E-state index contributed by atoms with van der Waals surface area (Å²) in [6.07, 6.45) is 8.93. The average molecular weight is 539 g/mol. The van der Waals surface area contributed by atoms with E-state index >= 15 is 0 Å². The van der Waals surface area contributed by atoms with Crippen LogP contribution in [0, 0.1) is 0 Å². The Hall–Kier alpha value is -2.71. The summed E-state index contributed by atoms with van der Waals surface area (Å²) in [6.45, 7) is 9.13. The fourth-order valence-electron chi connectivity index (χ4n) is 5.89. The van der Waals surface area contributed by atoms with Crippen molar-refractivity contribution in [1.29, 1.82) is 0 Å². The van der Waals surface area contributed by atoms with Gasteiger partial charge in [0.25, 0.3) is 0 Å². The second kappa shape index (κ2) is 12.2. The number of fused-ring (bicyclic) bond motifs is 1. The third-order valence-electron chi connectivity index (χ3n) is 8.13. The molecular weight excluding hydrogens is 495 g/mol. The smallest absolute Gasteiger partial charge is 0.141 e. The fraction of sp³-hybridized carbons (Fsp3) is 0.613. The molecule has 0 atom stereocenters. The number of aldehydes is 1. The summed E-state index contributed by atoms with van der Waals surface area (Å²) in [5, 5.41) is 4.80. The van der Waals surface area contributed by atoms with Gasteiger partial charge in [0, 0.05) is 43.0 Å². The van der Waals surface area contributed by atoms with Crippen molar-refractivity contribution in [2.45, 2.75) is 77.1 Å². The summed E-state index contributed by atoms with van der Waals surface area (Å²) in [7, 11) is 2.12. The van der Waals surface area contributed by atoms with Crippen LogP contribution in [0.1, 0.15) is 68.5 Å². The summed E-state index contributed by atoms with van der Waals surface area (Å²) < 4.78 is 27.5. The maximum Gasteiger partial charge on any atom is 0.141 e. The molecule has 0 unspecified atom stereocenters. The summed E-state index contributed by atoms with van der Waals surface area (Å²) in [4.78, 5) is 15.6. The van der Waals surface area contributed by atoms with Crippen LogP contribution in [-0.2, 0) is 34.6 Å². The number of carbonyl (C=O) groups excluding carboxylic acids is 1. The lowest BCUT2D eigenvalue weighted by Crippen LogP contribution is -2.36. The quantitative estimate of drug-likeness (QED) is 0.474. The second-order valence-electron chi connectivity index (χ2n) is 11.6. The molecule has 2 aromatic rings. The number of piperidine rings is 1. The molecule has 2 aliphatic carbocycles. The molecule has 212 valence electrons. The monoisotopic (exact) mass is 538 g/mol. The highest BCUT2D eigenvalue weighted by atomic mass is 19.1. The number of likely N-dealkylation sites (tertiary alicyclic amines) is 1. The fourth-order valence-corrected chi connectivity index (χ4v) is 5.89. The van der Waals surface area contributed by atoms with E-state index in [0.717, 1.165) is 77.1 Å². The standard InChI is InChI=1S/C16H21N3O2.C15H22FNO/c20-9-6-19-14-3-1-2-13(14)15(17-19)16(12-4-5-12)18-7-10-21-11-8-18;1-15(2,16)13-6-4-5-7-14(13)18-12-8-10-17(3)11-9-12/h9H,1-8,10-11H2;4-7,12H,8-11H2,1-3H3. The molecule has 6 rings (SSSR count). The normalized spacial score (nSPS) is 19.8. The Balaban J connectivity index is 0.000000160. The van der Waals surface area contributed by atoms with Crippen LogP contribution in [0.15, 0.2) is 29.8 Å². The van der Waals surface area contributed by atoms with Gasteiger partial charge in [-0.2, -0.15) is 5.10 Å². The highest BCUT2D eigenvalue weighted by molar-refractivity contribution is 5.71. The Morgan fingerprint density at radius 1 is 1.10 bits per heavy atom. The first-order valence-corrected chi connectivity index (χ1v) is 14.6. The molecule has 2 saturated heterocycles. The number of ether oxygens (including phenoxy) is 2. The molecule has 1 aromatic heterocycles. The molecule has 8 heteroatoms. The van der Waals surface area contributed by atoms with E-state index in [1.54, 1.807) is 13.8 Å². The van der Waals surface area contributed by atoms with Crippen LogP contribution in [0.3, 0.4) is 0 Å². The van der Waals surface area contributed by atoms with Gasteiger partial charge in [-0.1, -0.05) is 18.2 Å². The molecule has 4 aliphatic rings. The predicted molar refractivity (Wildman–Crippen MR) is 151 cm³/mol. The van der Waals surface area contributed by atoms with E-state index in [2.05, 4.69) is 16.8 Å². The number of para-hydroxylation sites is 1. The maximum absolute atomic E-state index is 14.1. The van der Waals surface area contributed by atoms with Crippen LogP contribution < -0.4 is 4.74 Å². The Bertz CT molecular complexity index is 1160. The number of allylic oxidation sites excluding steroid dienone is 1. The van der Waals surface area contributed by atoms with E-state index in [1.165, 1.54) is 41.8 Å². The van der Waals surface area contributed by atoms with E-state index in [-0.39, 0.29) is 6.10 Å². The van der Waals surface area contributed by atoms with Gasteiger partial charge in [0.2, 0.25) is 0 Å². The van der Waals surface area contributed by atoms with Crippen molar-refractivity contribution in [1.82, 2.24) is 19.6 Å². The number of rotatable bonds is 7. The number of hydrogen-bond donors (Lipinski definition) is 0. The van der Waals surface area contributed by atoms with E-state index in [1.807, 2.05) is 28.9 Å². The molecule has 39 heavy (non-hydrogen) atoms. The summed E-state index contributed by atoms with van der Waals surface area (Å²) >= 11 is 0. The molecule has 1 saturated carbocycles. The molecule has 0 spiro atoms.